The number of hydrogen-bond donors (Lipinski definition) is 3. The van der Waals surface area contributed by atoms with Crippen LogP contribution in [0.2, 0.25) is 0 Å². The van der Waals surface area contributed by atoms with Crippen LogP contribution in [-0.2, 0) is 0 Å². The fraction of sp³-hybridized carbons (Fsp3) is 0.286. The maximum atomic E-state index is 5.50. The maximum absolute atomic E-state index is 5.50. The summed E-state index contributed by atoms with van der Waals surface area (Å²) in [6.07, 6.45) is 1.48. The summed E-state index contributed by atoms with van der Waals surface area (Å²) in [5.74, 6) is 7.93. The number of ether oxygens (including phenoxy) is 1. The molecule has 0 atom stereocenters. The standard InChI is InChI=1S/C14H19N5O/c1-9(2)12-13(16-8-17-14(12)19-15)18-10-4-6-11(20-3)7-5-10/h4-9H,15H2,1-3H3,(H2,16,17,18,19). The minimum atomic E-state index is 0.239. The number of methoxy groups -OCH3 is 1. The van der Waals surface area contributed by atoms with Gasteiger partial charge in [-0.15, -0.1) is 0 Å². The number of aromatic nitrogens is 2. The zero-order valence-electron chi connectivity index (χ0n) is 11.8. The van der Waals surface area contributed by atoms with Gasteiger partial charge in [0.1, 0.15) is 23.7 Å². The molecule has 0 unspecified atom stereocenters. The van der Waals surface area contributed by atoms with Crippen molar-refractivity contribution >= 4 is 17.3 Å². The highest BCUT2D eigenvalue weighted by atomic mass is 16.5. The predicted octanol–water partition coefficient (Wildman–Crippen LogP) is 2.64. The Labute approximate surface area is 118 Å². The molecule has 2 rings (SSSR count). The summed E-state index contributed by atoms with van der Waals surface area (Å²) in [6, 6.07) is 7.64. The normalized spacial score (nSPS) is 10.4. The van der Waals surface area contributed by atoms with Gasteiger partial charge in [0, 0.05) is 11.3 Å². The van der Waals surface area contributed by atoms with Crippen LogP contribution >= 0.6 is 0 Å². The number of anilines is 3. The molecule has 0 spiro atoms. The van der Waals surface area contributed by atoms with Gasteiger partial charge in [-0.25, -0.2) is 15.8 Å². The number of nitrogens with zero attached hydrogens (tertiary/aromatic N) is 2. The van der Waals surface area contributed by atoms with Gasteiger partial charge in [-0.3, -0.25) is 0 Å². The SMILES string of the molecule is COc1ccc(Nc2ncnc(NN)c2C(C)C)cc1. The largest absolute Gasteiger partial charge is 0.497 e. The highest BCUT2D eigenvalue weighted by molar-refractivity contribution is 5.65. The van der Waals surface area contributed by atoms with Crippen LogP contribution in [0, 0.1) is 0 Å². The van der Waals surface area contributed by atoms with Crippen molar-refractivity contribution in [2.24, 2.45) is 5.84 Å². The first-order chi connectivity index (χ1) is 9.65. The van der Waals surface area contributed by atoms with Crippen LogP contribution in [-0.4, -0.2) is 17.1 Å². The molecule has 0 aliphatic rings. The second-order valence-electron chi connectivity index (χ2n) is 4.64. The summed E-state index contributed by atoms with van der Waals surface area (Å²) in [4.78, 5) is 8.44. The molecular weight excluding hydrogens is 254 g/mol. The van der Waals surface area contributed by atoms with Crippen LogP contribution < -0.4 is 21.3 Å². The van der Waals surface area contributed by atoms with E-state index < -0.39 is 0 Å². The van der Waals surface area contributed by atoms with Gasteiger partial charge in [0.2, 0.25) is 0 Å². The molecule has 0 bridgehead atoms. The van der Waals surface area contributed by atoms with Gasteiger partial charge in [-0.2, -0.15) is 0 Å². The third-order valence-electron chi connectivity index (χ3n) is 2.95. The lowest BCUT2D eigenvalue weighted by Crippen LogP contribution is -2.14. The molecule has 0 aliphatic carbocycles. The molecule has 0 saturated carbocycles. The summed E-state index contributed by atoms with van der Waals surface area (Å²) >= 11 is 0. The second kappa shape index (κ2) is 6.21. The number of benzene rings is 1. The fourth-order valence-corrected chi connectivity index (χ4v) is 1.97. The predicted molar refractivity (Wildman–Crippen MR) is 80.2 cm³/mol. The van der Waals surface area contributed by atoms with E-state index in [1.54, 1.807) is 7.11 Å². The molecular formula is C14H19N5O. The molecule has 1 aromatic carbocycles. The molecule has 2 aromatic rings. The van der Waals surface area contributed by atoms with E-state index in [1.165, 1.54) is 6.33 Å². The van der Waals surface area contributed by atoms with Gasteiger partial charge in [0.25, 0.3) is 0 Å². The van der Waals surface area contributed by atoms with E-state index in [-0.39, 0.29) is 5.92 Å². The summed E-state index contributed by atoms with van der Waals surface area (Å²) in [5.41, 5.74) is 4.49. The van der Waals surface area contributed by atoms with Crippen LogP contribution in [0.1, 0.15) is 25.3 Å². The van der Waals surface area contributed by atoms with Crippen LogP contribution in [0.25, 0.3) is 0 Å². The molecule has 6 nitrogen and oxygen atoms in total. The summed E-state index contributed by atoms with van der Waals surface area (Å²) in [7, 11) is 1.64. The number of hydrazine groups is 1. The first-order valence-electron chi connectivity index (χ1n) is 6.38. The Morgan fingerprint density at radius 2 is 1.75 bits per heavy atom. The molecule has 1 heterocycles. The van der Waals surface area contributed by atoms with Gasteiger partial charge in [-0.1, -0.05) is 13.8 Å². The van der Waals surface area contributed by atoms with Crippen molar-refractivity contribution in [3.05, 3.63) is 36.2 Å². The van der Waals surface area contributed by atoms with Gasteiger partial charge in [-0.05, 0) is 30.2 Å². The van der Waals surface area contributed by atoms with Crippen LogP contribution in [0.15, 0.2) is 30.6 Å². The Hall–Kier alpha value is -2.34. The van der Waals surface area contributed by atoms with Gasteiger partial charge >= 0.3 is 0 Å². The molecule has 20 heavy (non-hydrogen) atoms. The van der Waals surface area contributed by atoms with Gasteiger partial charge in [0.05, 0.1) is 7.11 Å². The minimum absolute atomic E-state index is 0.239. The number of nitrogen functional groups attached to an aromatic ring is 1. The first-order valence-corrected chi connectivity index (χ1v) is 6.38. The molecule has 0 radical (unpaired) electrons. The van der Waals surface area contributed by atoms with Crippen molar-refractivity contribution in [1.82, 2.24) is 9.97 Å². The average molecular weight is 273 g/mol. The van der Waals surface area contributed by atoms with Crippen LogP contribution in [0.5, 0.6) is 5.75 Å². The zero-order chi connectivity index (χ0) is 14.5. The van der Waals surface area contributed by atoms with E-state index in [0.717, 1.165) is 22.8 Å². The number of nitrogens with two attached hydrogens (primary N) is 1. The number of hydrogen-bond acceptors (Lipinski definition) is 6. The van der Waals surface area contributed by atoms with Gasteiger partial charge in [0.15, 0.2) is 0 Å². The quantitative estimate of drug-likeness (QED) is 0.573. The molecule has 0 fully saturated rings. The van der Waals surface area contributed by atoms with E-state index in [1.807, 2.05) is 24.3 Å². The van der Waals surface area contributed by atoms with Gasteiger partial charge < -0.3 is 15.5 Å². The topological polar surface area (TPSA) is 85.1 Å². The Bertz CT molecular complexity index is 568. The third-order valence-corrected chi connectivity index (χ3v) is 2.95. The summed E-state index contributed by atoms with van der Waals surface area (Å²) < 4.78 is 5.14. The van der Waals surface area contributed by atoms with Crippen molar-refractivity contribution < 1.29 is 4.74 Å². The molecule has 1 aromatic heterocycles. The molecule has 106 valence electrons. The highest BCUT2D eigenvalue weighted by Crippen LogP contribution is 2.30. The number of rotatable bonds is 5. The Balaban J connectivity index is 2.32. The molecule has 0 amide bonds. The Morgan fingerprint density at radius 3 is 2.30 bits per heavy atom. The van der Waals surface area contributed by atoms with Crippen molar-refractivity contribution in [2.45, 2.75) is 19.8 Å². The average Bonchev–Trinajstić information content (AvgIpc) is 2.47. The lowest BCUT2D eigenvalue weighted by Gasteiger charge is -2.16. The monoisotopic (exact) mass is 273 g/mol. The lowest BCUT2D eigenvalue weighted by molar-refractivity contribution is 0.415. The number of nitrogens with one attached hydrogen (secondary N) is 2. The summed E-state index contributed by atoms with van der Waals surface area (Å²) in [5, 5.41) is 3.28. The second-order valence-corrected chi connectivity index (χ2v) is 4.64. The van der Waals surface area contributed by atoms with Crippen LogP contribution in [0.3, 0.4) is 0 Å². The molecule has 0 aliphatic heterocycles. The van der Waals surface area contributed by atoms with Crippen molar-refractivity contribution in [1.29, 1.82) is 0 Å². The van der Waals surface area contributed by atoms with Crippen molar-refractivity contribution in [3.63, 3.8) is 0 Å². The van der Waals surface area contributed by atoms with E-state index in [4.69, 9.17) is 10.6 Å². The molecule has 6 heteroatoms. The van der Waals surface area contributed by atoms with E-state index in [9.17, 15) is 0 Å². The van der Waals surface area contributed by atoms with E-state index in [2.05, 4.69) is 34.6 Å². The van der Waals surface area contributed by atoms with Crippen molar-refractivity contribution in [3.8, 4) is 5.75 Å². The highest BCUT2D eigenvalue weighted by Gasteiger charge is 2.14. The molecule has 0 saturated heterocycles. The molecule has 4 N–H and O–H groups in total. The third kappa shape index (κ3) is 2.97. The zero-order valence-corrected chi connectivity index (χ0v) is 11.8. The maximum Gasteiger partial charge on any atom is 0.148 e. The van der Waals surface area contributed by atoms with Crippen molar-refractivity contribution in [2.75, 3.05) is 17.9 Å². The Kier molecular flexibility index (Phi) is 4.37. The van der Waals surface area contributed by atoms with E-state index in [0.29, 0.717) is 5.82 Å². The Morgan fingerprint density at radius 1 is 1.10 bits per heavy atom. The minimum Gasteiger partial charge on any atom is -0.497 e. The van der Waals surface area contributed by atoms with E-state index >= 15 is 0 Å². The summed E-state index contributed by atoms with van der Waals surface area (Å²) in [6.45, 7) is 4.14. The first kappa shape index (κ1) is 14.1. The lowest BCUT2D eigenvalue weighted by atomic mass is 10.0. The fourth-order valence-electron chi connectivity index (χ4n) is 1.97. The van der Waals surface area contributed by atoms with Crippen LogP contribution in [0.4, 0.5) is 17.3 Å². The smallest absolute Gasteiger partial charge is 0.148 e.